The monoisotopic (exact) mass is 250 g/mol. The van der Waals surface area contributed by atoms with Crippen molar-refractivity contribution in [3.8, 4) is 0 Å². The van der Waals surface area contributed by atoms with Crippen LogP contribution in [0.25, 0.3) is 12.2 Å². The molecule has 1 aromatic heterocycles. The van der Waals surface area contributed by atoms with E-state index in [0.717, 1.165) is 25.2 Å². The third kappa shape index (κ3) is 4.44. The van der Waals surface area contributed by atoms with Gasteiger partial charge in [0.05, 0.1) is 15.6 Å². The molecule has 0 unspecified atom stereocenters. The predicted molar refractivity (Wildman–Crippen MR) is 78.4 cm³/mol. The van der Waals surface area contributed by atoms with Crippen LogP contribution in [0.1, 0.15) is 35.8 Å². The summed E-state index contributed by atoms with van der Waals surface area (Å²) in [7, 11) is 2.16. The van der Waals surface area contributed by atoms with Gasteiger partial charge >= 0.3 is 0 Å². The molecular formula is C14H22N2S. The van der Waals surface area contributed by atoms with Crippen LogP contribution in [0.4, 0.5) is 0 Å². The number of aromatic nitrogens is 1. The highest BCUT2D eigenvalue weighted by molar-refractivity contribution is 7.12. The minimum atomic E-state index is 1.02. The predicted octanol–water partition coefficient (Wildman–Crippen LogP) is 3.70. The van der Waals surface area contributed by atoms with Crippen molar-refractivity contribution in [3.05, 3.63) is 28.2 Å². The molecule has 1 rings (SSSR count). The lowest BCUT2D eigenvalue weighted by Crippen LogP contribution is -2.19. The standard InChI is InChI=1S/C14H22N2S/c1-5-9-13-12(6-2)15-14(17-13)10-8-11-16(4)7-3/h5-6,9H,2,7-8,10-11H2,1,3-4H3/b9-5-. The minimum absolute atomic E-state index is 1.02. The fraction of sp³-hybridized carbons (Fsp3) is 0.500. The Labute approximate surface area is 109 Å². The van der Waals surface area contributed by atoms with E-state index in [4.69, 9.17) is 0 Å². The molecular weight excluding hydrogens is 228 g/mol. The average molecular weight is 250 g/mol. The molecule has 1 aromatic rings. The molecule has 2 nitrogen and oxygen atoms in total. The van der Waals surface area contributed by atoms with Crippen LogP contribution >= 0.6 is 11.3 Å². The van der Waals surface area contributed by atoms with Crippen LogP contribution < -0.4 is 0 Å². The first-order chi connectivity index (χ1) is 8.21. The van der Waals surface area contributed by atoms with E-state index in [2.05, 4.69) is 42.6 Å². The Hall–Kier alpha value is -0.930. The second-order valence-electron chi connectivity index (χ2n) is 4.06. The van der Waals surface area contributed by atoms with Crippen molar-refractivity contribution in [1.29, 1.82) is 0 Å². The summed E-state index contributed by atoms with van der Waals surface area (Å²) in [6.07, 6.45) is 8.23. The van der Waals surface area contributed by atoms with Crippen LogP contribution in [0.5, 0.6) is 0 Å². The first-order valence-electron chi connectivity index (χ1n) is 6.14. The highest BCUT2D eigenvalue weighted by Crippen LogP contribution is 2.22. The summed E-state index contributed by atoms with van der Waals surface area (Å²) in [4.78, 5) is 8.15. The molecule has 94 valence electrons. The van der Waals surface area contributed by atoms with Crippen LogP contribution in [0.3, 0.4) is 0 Å². The zero-order valence-electron chi connectivity index (χ0n) is 11.1. The van der Waals surface area contributed by atoms with Crippen molar-refractivity contribution >= 4 is 23.5 Å². The second-order valence-corrected chi connectivity index (χ2v) is 5.18. The topological polar surface area (TPSA) is 16.1 Å². The number of hydrogen-bond donors (Lipinski definition) is 0. The molecule has 0 aliphatic rings. The van der Waals surface area contributed by atoms with Gasteiger partial charge in [0.1, 0.15) is 0 Å². The average Bonchev–Trinajstić information content (AvgIpc) is 2.72. The van der Waals surface area contributed by atoms with Gasteiger partial charge in [0.2, 0.25) is 0 Å². The van der Waals surface area contributed by atoms with E-state index in [1.165, 1.54) is 16.3 Å². The molecule has 1 heterocycles. The fourth-order valence-electron chi connectivity index (χ4n) is 1.57. The van der Waals surface area contributed by atoms with Crippen molar-refractivity contribution in [1.82, 2.24) is 9.88 Å². The molecule has 0 saturated heterocycles. The van der Waals surface area contributed by atoms with Gasteiger partial charge in [-0.15, -0.1) is 11.3 Å². The molecule has 0 aromatic carbocycles. The summed E-state index contributed by atoms with van der Waals surface area (Å²) in [5, 5.41) is 1.22. The van der Waals surface area contributed by atoms with Crippen LogP contribution in [0.15, 0.2) is 12.7 Å². The van der Waals surface area contributed by atoms with E-state index in [-0.39, 0.29) is 0 Å². The van der Waals surface area contributed by atoms with E-state index in [1.807, 2.05) is 13.0 Å². The Morgan fingerprint density at radius 1 is 1.47 bits per heavy atom. The quantitative estimate of drug-likeness (QED) is 0.733. The largest absolute Gasteiger partial charge is 0.307 e. The van der Waals surface area contributed by atoms with E-state index in [0.29, 0.717) is 0 Å². The lowest BCUT2D eigenvalue weighted by atomic mass is 10.3. The fourth-order valence-corrected chi connectivity index (χ4v) is 2.66. The van der Waals surface area contributed by atoms with E-state index < -0.39 is 0 Å². The van der Waals surface area contributed by atoms with Crippen molar-refractivity contribution < 1.29 is 0 Å². The Morgan fingerprint density at radius 3 is 2.82 bits per heavy atom. The molecule has 0 radical (unpaired) electrons. The lowest BCUT2D eigenvalue weighted by molar-refractivity contribution is 0.347. The number of hydrogen-bond acceptors (Lipinski definition) is 3. The summed E-state index contributed by atoms with van der Waals surface area (Å²) < 4.78 is 0. The molecule has 0 fully saturated rings. The molecule has 0 saturated carbocycles. The molecule has 0 atom stereocenters. The van der Waals surface area contributed by atoms with Gasteiger partial charge in [0, 0.05) is 6.42 Å². The SMILES string of the molecule is C=Cc1nc(CCCN(C)CC)sc1/C=C\C. The summed E-state index contributed by atoms with van der Waals surface area (Å²) in [5.41, 5.74) is 1.02. The normalized spacial score (nSPS) is 11.5. The van der Waals surface area contributed by atoms with E-state index in [1.54, 1.807) is 11.3 Å². The van der Waals surface area contributed by atoms with Crippen molar-refractivity contribution in [2.24, 2.45) is 0 Å². The Bertz CT molecular complexity index is 380. The van der Waals surface area contributed by atoms with E-state index in [9.17, 15) is 0 Å². The van der Waals surface area contributed by atoms with Crippen LogP contribution in [-0.2, 0) is 6.42 Å². The first kappa shape index (κ1) is 14.1. The minimum Gasteiger partial charge on any atom is -0.307 e. The van der Waals surface area contributed by atoms with Gasteiger partial charge in [-0.1, -0.05) is 19.6 Å². The van der Waals surface area contributed by atoms with Crippen molar-refractivity contribution in [3.63, 3.8) is 0 Å². The first-order valence-corrected chi connectivity index (χ1v) is 6.96. The molecule has 0 spiro atoms. The second kappa shape index (κ2) is 7.41. The molecule has 0 aliphatic carbocycles. The number of rotatable bonds is 7. The number of allylic oxidation sites excluding steroid dienone is 1. The van der Waals surface area contributed by atoms with Gasteiger partial charge < -0.3 is 4.90 Å². The van der Waals surface area contributed by atoms with Gasteiger partial charge in [-0.2, -0.15) is 0 Å². The Morgan fingerprint density at radius 2 is 2.24 bits per heavy atom. The summed E-state index contributed by atoms with van der Waals surface area (Å²) in [6, 6.07) is 0. The van der Waals surface area contributed by atoms with Crippen molar-refractivity contribution in [2.45, 2.75) is 26.7 Å². The summed E-state index contributed by atoms with van der Waals surface area (Å²) in [5.74, 6) is 0. The van der Waals surface area contributed by atoms with E-state index >= 15 is 0 Å². The summed E-state index contributed by atoms with van der Waals surface area (Å²) in [6.45, 7) is 10.3. The van der Waals surface area contributed by atoms with Gasteiger partial charge in [-0.3, -0.25) is 0 Å². The van der Waals surface area contributed by atoms with Gasteiger partial charge in [0.25, 0.3) is 0 Å². The lowest BCUT2D eigenvalue weighted by Gasteiger charge is -2.12. The maximum absolute atomic E-state index is 4.60. The molecule has 0 N–H and O–H groups in total. The molecule has 3 heteroatoms. The third-order valence-corrected chi connectivity index (χ3v) is 3.80. The zero-order valence-corrected chi connectivity index (χ0v) is 11.9. The number of aryl methyl sites for hydroxylation is 1. The number of thiazole rings is 1. The smallest absolute Gasteiger partial charge is 0.0939 e. The molecule has 0 amide bonds. The van der Waals surface area contributed by atoms with Crippen molar-refractivity contribution in [2.75, 3.05) is 20.1 Å². The maximum Gasteiger partial charge on any atom is 0.0939 e. The third-order valence-electron chi connectivity index (χ3n) is 2.71. The van der Waals surface area contributed by atoms with Crippen LogP contribution in [0, 0.1) is 0 Å². The Kier molecular flexibility index (Phi) is 6.16. The number of nitrogens with zero attached hydrogens (tertiary/aromatic N) is 2. The zero-order chi connectivity index (χ0) is 12.7. The molecule has 17 heavy (non-hydrogen) atoms. The highest BCUT2D eigenvalue weighted by Gasteiger charge is 2.06. The van der Waals surface area contributed by atoms with Gasteiger partial charge in [-0.05, 0) is 45.6 Å². The molecule has 0 bridgehead atoms. The summed E-state index contributed by atoms with van der Waals surface area (Å²) >= 11 is 1.78. The Balaban J connectivity index is 2.57. The van der Waals surface area contributed by atoms with Gasteiger partial charge in [0.15, 0.2) is 0 Å². The van der Waals surface area contributed by atoms with Crippen LogP contribution in [-0.4, -0.2) is 30.0 Å². The highest BCUT2D eigenvalue weighted by atomic mass is 32.1. The van der Waals surface area contributed by atoms with Gasteiger partial charge in [-0.25, -0.2) is 4.98 Å². The molecule has 0 aliphatic heterocycles. The maximum atomic E-state index is 4.60. The van der Waals surface area contributed by atoms with Crippen LogP contribution in [0.2, 0.25) is 0 Å².